The smallest absolute Gasteiger partial charge is 0.255 e. The second-order valence-electron chi connectivity index (χ2n) is 9.79. The fraction of sp³-hybridized carbons (Fsp3) is 0.696. The van der Waals surface area contributed by atoms with Gasteiger partial charge < -0.3 is 4.90 Å². The van der Waals surface area contributed by atoms with Crippen molar-refractivity contribution in [1.29, 1.82) is 0 Å². The maximum atomic E-state index is 13.4. The van der Waals surface area contributed by atoms with E-state index in [1.807, 2.05) is 18.3 Å². The van der Waals surface area contributed by atoms with Gasteiger partial charge in [-0.15, -0.1) is 0 Å². The van der Waals surface area contributed by atoms with Gasteiger partial charge in [-0.25, -0.2) is 9.50 Å². The van der Waals surface area contributed by atoms with Crippen molar-refractivity contribution >= 4 is 11.6 Å². The Bertz CT molecular complexity index is 877. The van der Waals surface area contributed by atoms with E-state index in [1.54, 1.807) is 4.52 Å². The molecule has 0 spiro atoms. The summed E-state index contributed by atoms with van der Waals surface area (Å²) in [6, 6.07) is 5.11. The highest BCUT2D eigenvalue weighted by atomic mass is 16.2. The van der Waals surface area contributed by atoms with Crippen molar-refractivity contribution in [3.05, 3.63) is 30.2 Å². The lowest BCUT2D eigenvalue weighted by Gasteiger charge is -2.57. The average Bonchev–Trinajstić information content (AvgIpc) is 3.20. The second kappa shape index (κ2) is 7.71. The minimum atomic E-state index is 0.156. The lowest BCUT2D eigenvalue weighted by Crippen LogP contribution is -2.64. The highest BCUT2D eigenvalue weighted by Crippen LogP contribution is 2.43. The number of aromatic nitrogens is 3. The van der Waals surface area contributed by atoms with Crippen molar-refractivity contribution in [2.75, 3.05) is 19.6 Å². The summed E-state index contributed by atoms with van der Waals surface area (Å²) in [7, 11) is 0. The molecular formula is C23H33N5O. The molecule has 4 atom stereocenters. The van der Waals surface area contributed by atoms with E-state index in [9.17, 15) is 4.79 Å². The minimum absolute atomic E-state index is 0.156. The van der Waals surface area contributed by atoms with E-state index in [1.165, 1.54) is 51.4 Å². The molecule has 3 aliphatic heterocycles. The number of rotatable bonds is 4. The van der Waals surface area contributed by atoms with Crippen LogP contribution >= 0.6 is 0 Å². The van der Waals surface area contributed by atoms with Crippen LogP contribution in [-0.4, -0.2) is 62.0 Å². The zero-order chi connectivity index (χ0) is 20.0. The first-order valence-corrected chi connectivity index (χ1v) is 11.4. The number of carbonyl (C=O) groups is 1. The van der Waals surface area contributed by atoms with Crippen LogP contribution < -0.4 is 0 Å². The zero-order valence-corrected chi connectivity index (χ0v) is 17.7. The molecular weight excluding hydrogens is 362 g/mol. The van der Waals surface area contributed by atoms with Crippen LogP contribution in [0.15, 0.2) is 24.7 Å². The van der Waals surface area contributed by atoms with Crippen molar-refractivity contribution in [2.24, 2.45) is 17.8 Å². The number of likely N-dealkylation sites (tertiary alicyclic amines) is 1. The van der Waals surface area contributed by atoms with E-state index < -0.39 is 0 Å². The van der Waals surface area contributed by atoms with Gasteiger partial charge in [0.2, 0.25) is 0 Å². The SMILES string of the molecule is CC(C)CC[C@H]1[C@H]2C[C@H](CN(C(=O)c3ccc4ncnn4c3)C2)[C@@H]2CCCCN21. The predicted molar refractivity (Wildman–Crippen MR) is 113 cm³/mol. The quantitative estimate of drug-likeness (QED) is 0.795. The molecule has 156 valence electrons. The Morgan fingerprint density at radius 3 is 2.93 bits per heavy atom. The highest BCUT2D eigenvalue weighted by Gasteiger charge is 2.47. The van der Waals surface area contributed by atoms with E-state index in [-0.39, 0.29) is 5.91 Å². The fourth-order valence-electron chi connectivity index (χ4n) is 6.10. The number of amides is 1. The zero-order valence-electron chi connectivity index (χ0n) is 17.7. The van der Waals surface area contributed by atoms with Crippen LogP contribution in [0, 0.1) is 17.8 Å². The van der Waals surface area contributed by atoms with E-state index in [0.717, 1.165) is 30.2 Å². The highest BCUT2D eigenvalue weighted by molar-refractivity contribution is 5.94. The van der Waals surface area contributed by atoms with Crippen LogP contribution in [0.1, 0.15) is 62.7 Å². The number of hydrogen-bond donors (Lipinski definition) is 0. The van der Waals surface area contributed by atoms with Gasteiger partial charge >= 0.3 is 0 Å². The Labute approximate surface area is 173 Å². The van der Waals surface area contributed by atoms with Crippen LogP contribution in [0.3, 0.4) is 0 Å². The van der Waals surface area contributed by atoms with Crippen LogP contribution in [0.25, 0.3) is 5.65 Å². The molecule has 2 bridgehead atoms. The summed E-state index contributed by atoms with van der Waals surface area (Å²) in [6.45, 7) is 7.73. The second-order valence-corrected chi connectivity index (χ2v) is 9.79. The monoisotopic (exact) mass is 395 g/mol. The molecule has 6 nitrogen and oxygen atoms in total. The molecule has 0 unspecified atom stereocenters. The summed E-state index contributed by atoms with van der Waals surface area (Å²) in [5, 5.41) is 4.20. The normalized spacial score (nSPS) is 30.0. The van der Waals surface area contributed by atoms with Gasteiger partial charge in [0, 0.05) is 31.4 Å². The first kappa shape index (κ1) is 19.0. The molecule has 5 rings (SSSR count). The van der Waals surface area contributed by atoms with Crippen molar-refractivity contribution in [3.8, 4) is 0 Å². The first-order valence-electron chi connectivity index (χ1n) is 11.4. The van der Waals surface area contributed by atoms with E-state index >= 15 is 0 Å². The number of fused-ring (bicyclic) bond motifs is 5. The van der Waals surface area contributed by atoms with Crippen LogP contribution in [0.2, 0.25) is 0 Å². The molecule has 0 radical (unpaired) electrons. The fourth-order valence-corrected chi connectivity index (χ4v) is 6.10. The number of pyridine rings is 1. The molecule has 2 aromatic rings. The summed E-state index contributed by atoms with van der Waals surface area (Å²) in [5.74, 6) is 2.14. The Morgan fingerprint density at radius 2 is 2.07 bits per heavy atom. The van der Waals surface area contributed by atoms with Crippen molar-refractivity contribution < 1.29 is 4.79 Å². The minimum Gasteiger partial charge on any atom is -0.338 e. The van der Waals surface area contributed by atoms with Gasteiger partial charge in [0.1, 0.15) is 6.33 Å². The summed E-state index contributed by atoms with van der Waals surface area (Å²) in [4.78, 5) is 22.6. The van der Waals surface area contributed by atoms with Gasteiger partial charge in [0.15, 0.2) is 5.65 Å². The van der Waals surface area contributed by atoms with Crippen molar-refractivity contribution in [2.45, 2.75) is 64.5 Å². The van der Waals surface area contributed by atoms with Crippen LogP contribution in [0.5, 0.6) is 0 Å². The molecule has 1 amide bonds. The van der Waals surface area contributed by atoms with Gasteiger partial charge in [-0.3, -0.25) is 9.69 Å². The van der Waals surface area contributed by atoms with E-state index in [2.05, 4.69) is 33.7 Å². The molecule has 0 saturated carbocycles. The predicted octanol–water partition coefficient (Wildman–Crippen LogP) is 3.48. The summed E-state index contributed by atoms with van der Waals surface area (Å²) < 4.78 is 1.70. The molecule has 29 heavy (non-hydrogen) atoms. The van der Waals surface area contributed by atoms with E-state index in [0.29, 0.717) is 23.9 Å². The topological polar surface area (TPSA) is 53.7 Å². The van der Waals surface area contributed by atoms with Crippen molar-refractivity contribution in [3.63, 3.8) is 0 Å². The molecule has 0 aromatic carbocycles. The van der Waals surface area contributed by atoms with Crippen LogP contribution in [0.4, 0.5) is 0 Å². The van der Waals surface area contributed by atoms with Gasteiger partial charge in [0.25, 0.3) is 5.91 Å². The number of piperidine rings is 3. The maximum Gasteiger partial charge on any atom is 0.255 e. The standard InChI is InChI=1S/C23H33N5O/c1-16(2)6-8-21-19-11-18(20-5-3-4-10-27(20)21)12-26(13-19)23(29)17-7-9-22-24-15-25-28(22)14-17/h7,9,14-16,18-21H,3-6,8,10-13H2,1-2H3/t18-,19+,20+,21+/m1/s1. The molecule has 3 aliphatic rings. The average molecular weight is 396 g/mol. The van der Waals surface area contributed by atoms with E-state index in [4.69, 9.17) is 0 Å². The summed E-state index contributed by atoms with van der Waals surface area (Å²) >= 11 is 0. The van der Waals surface area contributed by atoms with Gasteiger partial charge in [-0.05, 0) is 68.5 Å². The lowest BCUT2D eigenvalue weighted by atomic mass is 9.71. The van der Waals surface area contributed by atoms with Gasteiger partial charge in [-0.2, -0.15) is 5.10 Å². The molecule has 2 aromatic heterocycles. The lowest BCUT2D eigenvalue weighted by molar-refractivity contribution is -0.0681. The summed E-state index contributed by atoms with van der Waals surface area (Å²) in [5.41, 5.74) is 1.51. The maximum absolute atomic E-state index is 13.4. The Morgan fingerprint density at radius 1 is 1.21 bits per heavy atom. The Hall–Kier alpha value is -1.95. The Kier molecular flexibility index (Phi) is 5.06. The largest absolute Gasteiger partial charge is 0.338 e. The third-order valence-corrected chi connectivity index (χ3v) is 7.47. The molecule has 5 heterocycles. The molecule has 3 fully saturated rings. The van der Waals surface area contributed by atoms with Crippen LogP contribution in [-0.2, 0) is 0 Å². The molecule has 0 N–H and O–H groups in total. The third-order valence-electron chi connectivity index (χ3n) is 7.47. The van der Waals surface area contributed by atoms with Gasteiger partial charge in [0.05, 0.1) is 5.56 Å². The number of nitrogens with zero attached hydrogens (tertiary/aromatic N) is 5. The first-order chi connectivity index (χ1) is 14.1. The Balaban J connectivity index is 1.38. The number of hydrogen-bond acceptors (Lipinski definition) is 4. The third kappa shape index (κ3) is 3.56. The van der Waals surface area contributed by atoms with Gasteiger partial charge in [-0.1, -0.05) is 20.3 Å². The molecule has 0 aliphatic carbocycles. The van der Waals surface area contributed by atoms with Crippen molar-refractivity contribution in [1.82, 2.24) is 24.4 Å². The summed E-state index contributed by atoms with van der Waals surface area (Å²) in [6.07, 6.45) is 11.2. The molecule has 3 saturated heterocycles. The number of carbonyl (C=O) groups excluding carboxylic acids is 1. The molecule has 6 heteroatoms.